The van der Waals surface area contributed by atoms with Crippen molar-refractivity contribution in [3.8, 4) is 0 Å². The topological polar surface area (TPSA) is 37.3 Å². The van der Waals surface area contributed by atoms with Crippen LogP contribution in [0.15, 0.2) is 12.7 Å². The molecule has 0 unspecified atom stereocenters. The molecule has 0 saturated heterocycles. The maximum atomic E-state index is 10.4. The zero-order valence-corrected chi connectivity index (χ0v) is 21.0. The Hall–Kier alpha value is -0.790. The van der Waals surface area contributed by atoms with E-state index in [2.05, 4.69) is 6.58 Å². The number of allylic oxidation sites excluding steroid dienone is 1. The molecule has 0 radical (unpaired) electrons. The minimum absolute atomic E-state index is 0.345. The molecule has 0 aliphatic carbocycles. The highest BCUT2D eigenvalue weighted by Gasteiger charge is 1.97. The summed E-state index contributed by atoms with van der Waals surface area (Å²) in [5, 5.41) is 8.60. The predicted octanol–water partition coefficient (Wildman–Crippen LogP) is 10.4. The number of hydrogen-bond donors (Lipinski definition) is 1. The van der Waals surface area contributed by atoms with E-state index < -0.39 is 5.97 Å². The van der Waals surface area contributed by atoms with Crippen molar-refractivity contribution in [3.05, 3.63) is 12.7 Å². The molecule has 0 saturated carbocycles. The molecule has 0 aromatic heterocycles. The van der Waals surface area contributed by atoms with Crippen molar-refractivity contribution >= 4 is 5.97 Å². The van der Waals surface area contributed by atoms with Gasteiger partial charge in [-0.3, -0.25) is 4.79 Å². The minimum Gasteiger partial charge on any atom is -0.481 e. The van der Waals surface area contributed by atoms with Gasteiger partial charge in [0.1, 0.15) is 0 Å². The Morgan fingerprint density at radius 1 is 0.452 bits per heavy atom. The first-order chi connectivity index (χ1) is 15.3. The molecule has 0 bridgehead atoms. The van der Waals surface area contributed by atoms with E-state index >= 15 is 0 Å². The number of carbonyl (C=O) groups is 1. The molecular formula is C29H56O2. The lowest BCUT2D eigenvalue weighted by Crippen LogP contribution is -1.93. The maximum absolute atomic E-state index is 10.4. The van der Waals surface area contributed by atoms with Gasteiger partial charge in [-0.1, -0.05) is 147 Å². The van der Waals surface area contributed by atoms with Gasteiger partial charge in [0.25, 0.3) is 0 Å². The van der Waals surface area contributed by atoms with Crippen molar-refractivity contribution in [2.45, 2.75) is 167 Å². The third kappa shape index (κ3) is 29.2. The quantitative estimate of drug-likeness (QED) is 0.103. The summed E-state index contributed by atoms with van der Waals surface area (Å²) >= 11 is 0. The van der Waals surface area contributed by atoms with Crippen LogP contribution in [0, 0.1) is 0 Å². The number of unbranched alkanes of at least 4 members (excludes halogenated alkanes) is 24. The van der Waals surface area contributed by atoms with E-state index in [0.29, 0.717) is 6.42 Å². The van der Waals surface area contributed by atoms with Crippen LogP contribution in [0.5, 0.6) is 0 Å². The molecule has 0 rings (SSSR count). The van der Waals surface area contributed by atoms with Crippen LogP contribution in [0.1, 0.15) is 167 Å². The second-order valence-electron chi connectivity index (χ2n) is 9.71. The average molecular weight is 437 g/mol. The predicted molar refractivity (Wildman–Crippen MR) is 138 cm³/mol. The number of rotatable bonds is 27. The molecule has 0 heterocycles. The van der Waals surface area contributed by atoms with E-state index in [-0.39, 0.29) is 0 Å². The minimum atomic E-state index is -0.651. The third-order valence-electron chi connectivity index (χ3n) is 6.55. The highest BCUT2D eigenvalue weighted by Crippen LogP contribution is 2.15. The van der Waals surface area contributed by atoms with Crippen LogP contribution < -0.4 is 0 Å². The molecule has 0 amide bonds. The summed E-state index contributed by atoms with van der Waals surface area (Å²) in [6.45, 7) is 3.78. The molecule has 0 aromatic rings. The Bertz CT molecular complexity index is 364. The summed E-state index contributed by atoms with van der Waals surface area (Å²) in [5.74, 6) is -0.651. The van der Waals surface area contributed by atoms with E-state index in [1.165, 1.54) is 148 Å². The first-order valence-electron chi connectivity index (χ1n) is 14.1. The Kier molecular flexibility index (Phi) is 26.5. The molecule has 2 nitrogen and oxygen atoms in total. The van der Waals surface area contributed by atoms with Crippen LogP contribution in [0.2, 0.25) is 0 Å². The summed E-state index contributed by atoms with van der Waals surface area (Å²) in [6.07, 6.45) is 36.5. The van der Waals surface area contributed by atoms with Crippen molar-refractivity contribution in [1.29, 1.82) is 0 Å². The van der Waals surface area contributed by atoms with Crippen LogP contribution in [0.4, 0.5) is 0 Å². The van der Waals surface area contributed by atoms with Crippen molar-refractivity contribution in [3.63, 3.8) is 0 Å². The fraction of sp³-hybridized carbons (Fsp3) is 0.897. The van der Waals surface area contributed by atoms with Crippen LogP contribution in [-0.4, -0.2) is 11.1 Å². The second kappa shape index (κ2) is 27.2. The van der Waals surface area contributed by atoms with Gasteiger partial charge in [0.05, 0.1) is 0 Å². The lowest BCUT2D eigenvalue weighted by molar-refractivity contribution is -0.137. The average Bonchev–Trinajstić information content (AvgIpc) is 2.76. The Morgan fingerprint density at radius 3 is 0.903 bits per heavy atom. The summed E-state index contributed by atoms with van der Waals surface area (Å²) < 4.78 is 0. The van der Waals surface area contributed by atoms with Gasteiger partial charge >= 0.3 is 5.97 Å². The molecule has 184 valence electrons. The molecule has 0 spiro atoms. The van der Waals surface area contributed by atoms with E-state index in [9.17, 15) is 4.79 Å². The van der Waals surface area contributed by atoms with Crippen molar-refractivity contribution < 1.29 is 9.90 Å². The van der Waals surface area contributed by atoms with Gasteiger partial charge in [-0.25, -0.2) is 0 Å². The Balaban J connectivity index is 3.00. The number of carboxylic acid groups (broad SMARTS) is 1. The summed E-state index contributed by atoms with van der Waals surface area (Å²) in [7, 11) is 0. The van der Waals surface area contributed by atoms with Crippen molar-refractivity contribution in [1.82, 2.24) is 0 Å². The highest BCUT2D eigenvalue weighted by atomic mass is 16.4. The SMILES string of the molecule is C=CCCCCCCCCCCCCCCCCCCCCCCCCCCC(=O)O. The van der Waals surface area contributed by atoms with Crippen LogP contribution >= 0.6 is 0 Å². The summed E-state index contributed by atoms with van der Waals surface area (Å²) in [4.78, 5) is 10.4. The second-order valence-corrected chi connectivity index (χ2v) is 9.71. The zero-order chi connectivity index (χ0) is 22.7. The van der Waals surface area contributed by atoms with Crippen LogP contribution in [-0.2, 0) is 4.79 Å². The smallest absolute Gasteiger partial charge is 0.303 e. The van der Waals surface area contributed by atoms with Crippen molar-refractivity contribution in [2.75, 3.05) is 0 Å². The van der Waals surface area contributed by atoms with E-state index in [0.717, 1.165) is 12.8 Å². The number of carboxylic acids is 1. The zero-order valence-electron chi connectivity index (χ0n) is 21.0. The van der Waals surface area contributed by atoms with E-state index in [1.807, 2.05) is 6.08 Å². The summed E-state index contributed by atoms with van der Waals surface area (Å²) in [5.41, 5.74) is 0. The molecular weight excluding hydrogens is 380 g/mol. The maximum Gasteiger partial charge on any atom is 0.303 e. The number of aliphatic carboxylic acids is 1. The van der Waals surface area contributed by atoms with Crippen LogP contribution in [0.3, 0.4) is 0 Å². The third-order valence-corrected chi connectivity index (χ3v) is 6.55. The lowest BCUT2D eigenvalue weighted by atomic mass is 10.0. The van der Waals surface area contributed by atoms with Gasteiger partial charge in [0.15, 0.2) is 0 Å². The molecule has 0 aliphatic heterocycles. The Morgan fingerprint density at radius 2 is 0.677 bits per heavy atom. The molecule has 0 aliphatic rings. The van der Waals surface area contributed by atoms with Gasteiger partial charge in [-0.2, -0.15) is 0 Å². The summed E-state index contributed by atoms with van der Waals surface area (Å²) in [6, 6.07) is 0. The first kappa shape index (κ1) is 30.2. The van der Waals surface area contributed by atoms with Crippen LogP contribution in [0.25, 0.3) is 0 Å². The fourth-order valence-corrected chi connectivity index (χ4v) is 4.45. The molecule has 1 N–H and O–H groups in total. The molecule has 0 fully saturated rings. The fourth-order valence-electron chi connectivity index (χ4n) is 4.45. The number of hydrogen-bond acceptors (Lipinski definition) is 1. The molecule has 0 atom stereocenters. The largest absolute Gasteiger partial charge is 0.481 e. The van der Waals surface area contributed by atoms with E-state index in [4.69, 9.17) is 5.11 Å². The molecule has 0 aromatic carbocycles. The van der Waals surface area contributed by atoms with Gasteiger partial charge in [-0.15, -0.1) is 6.58 Å². The molecule has 31 heavy (non-hydrogen) atoms. The molecule has 2 heteroatoms. The van der Waals surface area contributed by atoms with Gasteiger partial charge in [-0.05, 0) is 19.3 Å². The Labute approximate surface area is 195 Å². The van der Waals surface area contributed by atoms with Crippen molar-refractivity contribution in [2.24, 2.45) is 0 Å². The van der Waals surface area contributed by atoms with E-state index in [1.54, 1.807) is 0 Å². The highest BCUT2D eigenvalue weighted by molar-refractivity contribution is 5.66. The first-order valence-corrected chi connectivity index (χ1v) is 14.1. The van der Waals surface area contributed by atoms with Gasteiger partial charge in [0.2, 0.25) is 0 Å². The lowest BCUT2D eigenvalue weighted by Gasteiger charge is -2.04. The normalized spacial score (nSPS) is 11.1. The van der Waals surface area contributed by atoms with Gasteiger partial charge in [0, 0.05) is 6.42 Å². The standard InChI is InChI=1S/C29H56O2/c1-2-3-4-5-6-7-8-9-10-11-12-13-14-15-16-17-18-19-20-21-22-23-24-25-26-27-28-29(30)31/h2H,1,3-28H2,(H,30,31). The monoisotopic (exact) mass is 436 g/mol. The van der Waals surface area contributed by atoms with Gasteiger partial charge < -0.3 is 5.11 Å².